The Balaban J connectivity index is 1.97. The molecule has 0 aliphatic rings. The van der Waals surface area contributed by atoms with Gasteiger partial charge in [-0.2, -0.15) is 0 Å². The summed E-state index contributed by atoms with van der Waals surface area (Å²) in [6, 6.07) is 0.550. The molecule has 2 aromatic rings. The molecule has 1 N–H and O–H groups in total. The summed E-state index contributed by atoms with van der Waals surface area (Å²) in [5, 5.41) is 11.2. The molecule has 0 bridgehead atoms. The lowest BCUT2D eigenvalue weighted by Crippen LogP contribution is -2.31. The van der Waals surface area contributed by atoms with Crippen molar-refractivity contribution in [1.82, 2.24) is 24.5 Å². The molecule has 0 unspecified atom stereocenters. The van der Waals surface area contributed by atoms with Crippen molar-refractivity contribution in [3.05, 3.63) is 18.7 Å². The Labute approximate surface area is 101 Å². The Bertz CT molecular complexity index is 478. The Morgan fingerprint density at radius 3 is 3.06 bits per heavy atom. The Morgan fingerprint density at radius 1 is 1.47 bits per heavy atom. The van der Waals surface area contributed by atoms with Crippen LogP contribution in [0, 0.1) is 0 Å². The van der Waals surface area contributed by atoms with Gasteiger partial charge < -0.3 is 10.2 Å². The van der Waals surface area contributed by atoms with E-state index in [0.29, 0.717) is 6.04 Å². The molecular weight excluding hydrogens is 216 g/mol. The first-order valence-electron chi connectivity index (χ1n) is 5.77. The van der Waals surface area contributed by atoms with Crippen LogP contribution < -0.4 is 5.32 Å². The zero-order valence-electron chi connectivity index (χ0n) is 10.5. The monoisotopic (exact) mass is 234 g/mol. The first-order valence-corrected chi connectivity index (χ1v) is 5.77. The van der Waals surface area contributed by atoms with Crippen LogP contribution in [0.25, 0.3) is 5.65 Å². The molecule has 0 aliphatic carbocycles. The molecular formula is C11H18N6. The van der Waals surface area contributed by atoms with E-state index in [1.54, 1.807) is 12.5 Å². The predicted molar refractivity (Wildman–Crippen MR) is 67.0 cm³/mol. The highest BCUT2D eigenvalue weighted by Crippen LogP contribution is 2.08. The van der Waals surface area contributed by atoms with Crippen LogP contribution in [0.15, 0.2) is 18.7 Å². The standard InChI is InChI=1S/C11H18N6/c1-9(2)16(3)6-4-12-10-11-15-14-8-17(11)7-5-13-10/h5,7-9H,4,6H2,1-3H3,(H,12,13). The fraction of sp³-hybridized carbons (Fsp3) is 0.545. The third-order valence-corrected chi connectivity index (χ3v) is 2.85. The lowest BCUT2D eigenvalue weighted by molar-refractivity contribution is 0.284. The number of likely N-dealkylation sites (N-methyl/N-ethyl adjacent to an activating group) is 1. The molecule has 0 fully saturated rings. The largest absolute Gasteiger partial charge is 0.366 e. The van der Waals surface area contributed by atoms with Crippen molar-refractivity contribution >= 4 is 11.5 Å². The summed E-state index contributed by atoms with van der Waals surface area (Å²) in [7, 11) is 2.11. The summed E-state index contributed by atoms with van der Waals surface area (Å²) >= 11 is 0. The van der Waals surface area contributed by atoms with Gasteiger partial charge in [0.1, 0.15) is 6.33 Å². The maximum atomic E-state index is 4.27. The molecule has 0 aromatic carbocycles. The van der Waals surface area contributed by atoms with Crippen molar-refractivity contribution in [2.45, 2.75) is 19.9 Å². The van der Waals surface area contributed by atoms with E-state index in [9.17, 15) is 0 Å². The van der Waals surface area contributed by atoms with E-state index in [1.165, 1.54) is 0 Å². The molecule has 2 aromatic heterocycles. The second-order valence-electron chi connectivity index (χ2n) is 4.34. The average molecular weight is 234 g/mol. The smallest absolute Gasteiger partial charge is 0.203 e. The van der Waals surface area contributed by atoms with Crippen molar-refractivity contribution in [2.24, 2.45) is 0 Å². The maximum absolute atomic E-state index is 4.27. The van der Waals surface area contributed by atoms with E-state index in [-0.39, 0.29) is 0 Å². The van der Waals surface area contributed by atoms with Gasteiger partial charge >= 0.3 is 0 Å². The maximum Gasteiger partial charge on any atom is 0.203 e. The second kappa shape index (κ2) is 5.09. The van der Waals surface area contributed by atoms with Gasteiger partial charge in [-0.3, -0.25) is 4.40 Å². The highest BCUT2D eigenvalue weighted by molar-refractivity contribution is 5.61. The van der Waals surface area contributed by atoms with E-state index < -0.39 is 0 Å². The summed E-state index contributed by atoms with van der Waals surface area (Å²) in [5.41, 5.74) is 0.764. The number of rotatable bonds is 5. The minimum absolute atomic E-state index is 0.550. The highest BCUT2D eigenvalue weighted by Gasteiger charge is 2.05. The van der Waals surface area contributed by atoms with Gasteiger partial charge in [0.05, 0.1) is 0 Å². The summed E-state index contributed by atoms with van der Waals surface area (Å²) in [6.45, 7) is 6.16. The lowest BCUT2D eigenvalue weighted by Gasteiger charge is -2.20. The number of hydrogen-bond acceptors (Lipinski definition) is 5. The minimum Gasteiger partial charge on any atom is -0.366 e. The average Bonchev–Trinajstić information content (AvgIpc) is 2.77. The van der Waals surface area contributed by atoms with Crippen LogP contribution in [-0.4, -0.2) is 50.7 Å². The van der Waals surface area contributed by atoms with Crippen molar-refractivity contribution in [1.29, 1.82) is 0 Å². The SMILES string of the molecule is CC(C)N(C)CCNc1nccn2cnnc12. The molecule has 6 heteroatoms. The van der Waals surface area contributed by atoms with Crippen LogP contribution in [0.4, 0.5) is 5.82 Å². The molecule has 0 saturated carbocycles. The van der Waals surface area contributed by atoms with Crippen molar-refractivity contribution in [3.8, 4) is 0 Å². The summed E-state index contributed by atoms with van der Waals surface area (Å²) in [5.74, 6) is 0.780. The van der Waals surface area contributed by atoms with Crippen LogP contribution in [0.5, 0.6) is 0 Å². The second-order valence-corrected chi connectivity index (χ2v) is 4.34. The normalized spacial score (nSPS) is 11.6. The first-order chi connectivity index (χ1) is 8.18. The van der Waals surface area contributed by atoms with E-state index >= 15 is 0 Å². The van der Waals surface area contributed by atoms with Crippen LogP contribution in [0.2, 0.25) is 0 Å². The number of aromatic nitrogens is 4. The van der Waals surface area contributed by atoms with Crippen molar-refractivity contribution < 1.29 is 0 Å². The van der Waals surface area contributed by atoms with Crippen molar-refractivity contribution in [3.63, 3.8) is 0 Å². The molecule has 2 rings (SSSR count). The molecule has 0 spiro atoms. The third-order valence-electron chi connectivity index (χ3n) is 2.85. The van der Waals surface area contributed by atoms with Gasteiger partial charge in [-0.25, -0.2) is 4.98 Å². The quantitative estimate of drug-likeness (QED) is 0.832. The van der Waals surface area contributed by atoms with Crippen LogP contribution in [0.1, 0.15) is 13.8 Å². The van der Waals surface area contributed by atoms with Crippen LogP contribution in [0.3, 0.4) is 0 Å². The zero-order valence-corrected chi connectivity index (χ0v) is 10.5. The number of nitrogens with zero attached hydrogens (tertiary/aromatic N) is 5. The van der Waals surface area contributed by atoms with Gasteiger partial charge in [0.2, 0.25) is 5.65 Å². The molecule has 17 heavy (non-hydrogen) atoms. The fourth-order valence-corrected chi connectivity index (χ4v) is 1.49. The van der Waals surface area contributed by atoms with Crippen molar-refractivity contribution in [2.75, 3.05) is 25.5 Å². The minimum atomic E-state index is 0.550. The van der Waals surface area contributed by atoms with E-state index in [2.05, 4.69) is 46.3 Å². The Hall–Kier alpha value is -1.69. The molecule has 92 valence electrons. The van der Waals surface area contributed by atoms with E-state index in [1.807, 2.05) is 10.6 Å². The Morgan fingerprint density at radius 2 is 2.29 bits per heavy atom. The first kappa shape index (κ1) is 11.8. The van der Waals surface area contributed by atoms with Crippen LogP contribution >= 0.6 is 0 Å². The van der Waals surface area contributed by atoms with E-state index in [4.69, 9.17) is 0 Å². The van der Waals surface area contributed by atoms with Gasteiger partial charge in [0.15, 0.2) is 5.82 Å². The van der Waals surface area contributed by atoms with Crippen LogP contribution in [-0.2, 0) is 0 Å². The molecule has 6 nitrogen and oxygen atoms in total. The van der Waals surface area contributed by atoms with Gasteiger partial charge in [-0.1, -0.05) is 0 Å². The third kappa shape index (κ3) is 2.71. The summed E-state index contributed by atoms with van der Waals surface area (Å²) < 4.78 is 1.85. The lowest BCUT2D eigenvalue weighted by atomic mass is 10.3. The van der Waals surface area contributed by atoms with Gasteiger partial charge in [0, 0.05) is 31.5 Å². The van der Waals surface area contributed by atoms with E-state index in [0.717, 1.165) is 24.6 Å². The topological polar surface area (TPSA) is 58.4 Å². The Kier molecular flexibility index (Phi) is 3.53. The predicted octanol–water partition coefficient (Wildman–Crippen LogP) is 0.876. The molecule has 0 aliphatic heterocycles. The number of anilines is 1. The van der Waals surface area contributed by atoms with Gasteiger partial charge in [-0.05, 0) is 20.9 Å². The van der Waals surface area contributed by atoms with Gasteiger partial charge in [-0.15, -0.1) is 10.2 Å². The zero-order chi connectivity index (χ0) is 12.3. The highest BCUT2D eigenvalue weighted by atomic mass is 15.2. The molecule has 0 saturated heterocycles. The molecule has 2 heterocycles. The summed E-state index contributed by atoms with van der Waals surface area (Å²) in [4.78, 5) is 6.54. The molecule has 0 atom stereocenters. The summed E-state index contributed by atoms with van der Waals surface area (Å²) in [6.07, 6.45) is 5.24. The number of hydrogen-bond donors (Lipinski definition) is 1. The molecule has 0 amide bonds. The fourth-order valence-electron chi connectivity index (χ4n) is 1.49. The molecule has 0 radical (unpaired) electrons. The number of nitrogens with one attached hydrogen (secondary N) is 1. The number of fused-ring (bicyclic) bond motifs is 1. The van der Waals surface area contributed by atoms with Gasteiger partial charge in [0.25, 0.3) is 0 Å².